The molecule has 0 aliphatic rings. The molecule has 0 aliphatic carbocycles. The Morgan fingerprint density at radius 3 is 2.48 bits per heavy atom. The first-order valence-corrected chi connectivity index (χ1v) is 11.5. The van der Waals surface area contributed by atoms with Crippen LogP contribution in [-0.2, 0) is 5.75 Å². The average Bonchev–Trinajstić information content (AvgIpc) is 3.08. The monoisotopic (exact) mass is 492 g/mol. The number of thioether (sulfide) groups is 1. The number of halogens is 1. The minimum absolute atomic E-state index is 0.158. The molecular weight excluding hydrogens is 472 g/mol. The van der Waals surface area contributed by atoms with E-state index in [1.54, 1.807) is 22.6 Å². The van der Waals surface area contributed by atoms with Crippen molar-refractivity contribution in [1.82, 2.24) is 14.8 Å². The van der Waals surface area contributed by atoms with Crippen LogP contribution < -0.4 is 5.32 Å². The molecule has 1 amide bonds. The third kappa shape index (κ3) is 5.06. The molecule has 0 radical (unpaired) electrons. The molecule has 0 spiro atoms. The summed E-state index contributed by atoms with van der Waals surface area (Å²) in [6.45, 7) is 3.77. The molecule has 0 unspecified atom stereocenters. The minimum atomic E-state index is -0.158. The number of amides is 1. The zero-order valence-electron chi connectivity index (χ0n) is 17.2. The van der Waals surface area contributed by atoms with E-state index in [4.69, 9.17) is 0 Å². The van der Waals surface area contributed by atoms with Crippen LogP contribution in [0.15, 0.2) is 82.4 Å². The van der Waals surface area contributed by atoms with Crippen LogP contribution in [0.25, 0.3) is 5.69 Å². The summed E-state index contributed by atoms with van der Waals surface area (Å²) in [5.74, 6) is 0.696. The van der Waals surface area contributed by atoms with Gasteiger partial charge in [0.25, 0.3) is 5.91 Å². The number of carbonyl (C=O) groups excluding carboxylic acids is 1. The van der Waals surface area contributed by atoms with Crippen LogP contribution >= 0.6 is 27.7 Å². The minimum Gasteiger partial charge on any atom is -0.322 e. The van der Waals surface area contributed by atoms with E-state index in [0.29, 0.717) is 11.3 Å². The molecule has 5 nitrogen and oxygen atoms in total. The molecule has 1 N–H and O–H groups in total. The fourth-order valence-electron chi connectivity index (χ4n) is 3.28. The molecule has 2 aromatic heterocycles. The van der Waals surface area contributed by atoms with Crippen LogP contribution in [0.5, 0.6) is 0 Å². The molecule has 7 heteroatoms. The normalized spacial score (nSPS) is 10.8. The zero-order chi connectivity index (χ0) is 21.8. The SMILES string of the molecule is Cc1nn(-c2ccc(Br)cc2)c(C)c1C(=O)Nc1ccc(SCc2cccnc2)cc1. The highest BCUT2D eigenvalue weighted by molar-refractivity contribution is 9.10. The summed E-state index contributed by atoms with van der Waals surface area (Å²) in [6, 6.07) is 19.7. The van der Waals surface area contributed by atoms with Crippen molar-refractivity contribution < 1.29 is 4.79 Å². The second-order valence-corrected chi connectivity index (χ2v) is 9.03. The summed E-state index contributed by atoms with van der Waals surface area (Å²) in [4.78, 5) is 18.2. The first kappa shape index (κ1) is 21.3. The van der Waals surface area contributed by atoms with Gasteiger partial charge in [-0.1, -0.05) is 22.0 Å². The first-order chi connectivity index (χ1) is 15.0. The second-order valence-electron chi connectivity index (χ2n) is 7.06. The van der Waals surface area contributed by atoms with Crippen molar-refractivity contribution in [2.24, 2.45) is 0 Å². The van der Waals surface area contributed by atoms with Crippen molar-refractivity contribution in [3.63, 3.8) is 0 Å². The topological polar surface area (TPSA) is 59.8 Å². The van der Waals surface area contributed by atoms with Crippen molar-refractivity contribution in [3.05, 3.63) is 100 Å². The van der Waals surface area contributed by atoms with Gasteiger partial charge in [0.2, 0.25) is 0 Å². The van der Waals surface area contributed by atoms with Gasteiger partial charge in [-0.2, -0.15) is 5.10 Å². The molecule has 0 saturated heterocycles. The summed E-state index contributed by atoms with van der Waals surface area (Å²) in [7, 11) is 0. The molecule has 2 aromatic carbocycles. The lowest BCUT2D eigenvalue weighted by atomic mass is 10.1. The van der Waals surface area contributed by atoms with Crippen molar-refractivity contribution in [2.45, 2.75) is 24.5 Å². The standard InChI is InChI=1S/C24H21BrN4OS/c1-16-23(17(2)29(28-16)21-9-5-19(25)6-10-21)24(30)27-20-7-11-22(12-8-20)31-15-18-4-3-13-26-14-18/h3-14H,15H2,1-2H3,(H,27,30). The lowest BCUT2D eigenvalue weighted by Gasteiger charge is -2.08. The molecule has 31 heavy (non-hydrogen) atoms. The lowest BCUT2D eigenvalue weighted by molar-refractivity contribution is 0.102. The fraction of sp³-hybridized carbons (Fsp3) is 0.125. The number of anilines is 1. The van der Waals surface area contributed by atoms with E-state index in [0.717, 1.165) is 32.2 Å². The molecule has 2 heterocycles. The number of aromatic nitrogens is 3. The Kier molecular flexibility index (Phi) is 6.53. The first-order valence-electron chi connectivity index (χ1n) is 9.76. The zero-order valence-corrected chi connectivity index (χ0v) is 19.6. The fourth-order valence-corrected chi connectivity index (χ4v) is 4.38. The van der Waals surface area contributed by atoms with E-state index in [1.807, 2.05) is 74.6 Å². The third-order valence-corrected chi connectivity index (χ3v) is 6.44. The number of rotatable bonds is 6. The molecule has 0 fully saturated rings. The van der Waals surface area contributed by atoms with Crippen LogP contribution in [0.3, 0.4) is 0 Å². The molecular formula is C24H21BrN4OS. The summed E-state index contributed by atoms with van der Waals surface area (Å²) in [5, 5.41) is 7.57. The summed E-state index contributed by atoms with van der Waals surface area (Å²) in [6.07, 6.45) is 3.65. The summed E-state index contributed by atoms with van der Waals surface area (Å²) in [5.41, 5.74) is 4.95. The Labute approximate surface area is 194 Å². The lowest BCUT2D eigenvalue weighted by Crippen LogP contribution is -2.14. The van der Waals surface area contributed by atoms with Gasteiger partial charge in [0.05, 0.1) is 22.6 Å². The highest BCUT2D eigenvalue weighted by Crippen LogP contribution is 2.25. The third-order valence-electron chi connectivity index (χ3n) is 4.83. The van der Waals surface area contributed by atoms with Crippen LogP contribution in [0.1, 0.15) is 27.3 Å². The maximum absolute atomic E-state index is 13.0. The molecule has 0 aliphatic heterocycles. The number of pyridine rings is 1. The maximum Gasteiger partial charge on any atom is 0.259 e. The Bertz CT molecular complexity index is 1190. The van der Waals surface area contributed by atoms with E-state index >= 15 is 0 Å². The van der Waals surface area contributed by atoms with Gasteiger partial charge in [0.1, 0.15) is 0 Å². The molecule has 0 bridgehead atoms. The number of benzene rings is 2. The van der Waals surface area contributed by atoms with Gasteiger partial charge in [-0.25, -0.2) is 4.68 Å². The van der Waals surface area contributed by atoms with Crippen LogP contribution in [0.4, 0.5) is 5.69 Å². The Hall–Kier alpha value is -2.90. The predicted octanol–water partition coefficient (Wildman–Crippen LogP) is 6.19. The van der Waals surface area contributed by atoms with E-state index in [-0.39, 0.29) is 5.91 Å². The number of aryl methyl sites for hydroxylation is 1. The van der Waals surface area contributed by atoms with Gasteiger partial charge in [-0.3, -0.25) is 9.78 Å². The quantitative estimate of drug-likeness (QED) is 0.326. The van der Waals surface area contributed by atoms with E-state index < -0.39 is 0 Å². The molecule has 0 atom stereocenters. The van der Waals surface area contributed by atoms with Crippen LogP contribution in [0, 0.1) is 13.8 Å². The van der Waals surface area contributed by atoms with E-state index in [9.17, 15) is 4.79 Å². The van der Waals surface area contributed by atoms with Crippen molar-refractivity contribution in [1.29, 1.82) is 0 Å². The summed E-state index contributed by atoms with van der Waals surface area (Å²) >= 11 is 5.18. The van der Waals surface area contributed by atoms with E-state index in [2.05, 4.69) is 37.4 Å². The average molecular weight is 493 g/mol. The van der Waals surface area contributed by atoms with Crippen LogP contribution in [0.2, 0.25) is 0 Å². The largest absolute Gasteiger partial charge is 0.322 e. The smallest absolute Gasteiger partial charge is 0.259 e. The van der Waals surface area contributed by atoms with E-state index in [1.165, 1.54) is 5.56 Å². The highest BCUT2D eigenvalue weighted by atomic mass is 79.9. The van der Waals surface area contributed by atoms with Gasteiger partial charge in [-0.15, -0.1) is 11.8 Å². The number of hydrogen-bond donors (Lipinski definition) is 1. The van der Waals surface area contributed by atoms with Crippen molar-refractivity contribution in [3.8, 4) is 5.69 Å². The molecule has 4 aromatic rings. The molecule has 0 saturated carbocycles. The highest BCUT2D eigenvalue weighted by Gasteiger charge is 2.19. The molecule has 156 valence electrons. The van der Waals surface area contributed by atoms with Gasteiger partial charge >= 0.3 is 0 Å². The van der Waals surface area contributed by atoms with Gasteiger partial charge in [-0.05, 0) is 74.0 Å². The van der Waals surface area contributed by atoms with Crippen LogP contribution in [-0.4, -0.2) is 20.7 Å². The number of hydrogen-bond acceptors (Lipinski definition) is 4. The number of carbonyl (C=O) groups is 1. The van der Waals surface area contributed by atoms with Crippen molar-refractivity contribution >= 4 is 39.3 Å². The summed E-state index contributed by atoms with van der Waals surface area (Å²) < 4.78 is 2.80. The number of nitrogens with one attached hydrogen (secondary N) is 1. The maximum atomic E-state index is 13.0. The van der Waals surface area contributed by atoms with Crippen molar-refractivity contribution in [2.75, 3.05) is 5.32 Å². The Morgan fingerprint density at radius 1 is 1.06 bits per heavy atom. The van der Waals surface area contributed by atoms with Gasteiger partial charge in [0, 0.05) is 33.2 Å². The Balaban J connectivity index is 1.45. The Morgan fingerprint density at radius 2 is 1.81 bits per heavy atom. The predicted molar refractivity (Wildman–Crippen MR) is 129 cm³/mol. The second kappa shape index (κ2) is 9.49. The number of nitrogens with zero attached hydrogens (tertiary/aromatic N) is 3. The van der Waals surface area contributed by atoms with Gasteiger partial charge < -0.3 is 5.32 Å². The van der Waals surface area contributed by atoms with Gasteiger partial charge in [0.15, 0.2) is 0 Å². The molecule has 4 rings (SSSR count).